The fraction of sp³-hybridized carbons (Fsp3) is 1.00. The highest BCUT2D eigenvalue weighted by atomic mass is 35.5. The Labute approximate surface area is 62.2 Å². The molecule has 56 valence electrons. The maximum Gasteiger partial charge on any atom is 0.0616 e. The van der Waals surface area contributed by atoms with Crippen molar-refractivity contribution in [3.63, 3.8) is 0 Å². The Balaban J connectivity index is 0.000000640. The molecule has 0 amide bonds. The average molecular weight is 152 g/mol. The molecular formula is C6H14ClNO. The molecule has 2 N–H and O–H groups in total. The van der Waals surface area contributed by atoms with Crippen LogP contribution < -0.4 is 5.73 Å². The Hall–Kier alpha value is 0.210. The molecule has 1 rings (SSSR count). The predicted octanol–water partition coefficient (Wildman–Crippen LogP) is 0.792. The minimum absolute atomic E-state index is 0. The summed E-state index contributed by atoms with van der Waals surface area (Å²) in [5.41, 5.74) is 5.66. The standard InChI is InChI=1S/C6H13NO.ClH/c1-8-4-6(7)5-2-3-5;/h5-6H,2-4,7H2,1H3;1H/t6-;/m0./s1. The molecule has 0 aliphatic heterocycles. The summed E-state index contributed by atoms with van der Waals surface area (Å²) in [7, 11) is 1.70. The van der Waals surface area contributed by atoms with E-state index < -0.39 is 0 Å². The maximum absolute atomic E-state index is 5.66. The van der Waals surface area contributed by atoms with Crippen LogP contribution in [0.25, 0.3) is 0 Å². The minimum Gasteiger partial charge on any atom is -0.383 e. The molecule has 3 heteroatoms. The van der Waals surface area contributed by atoms with E-state index in [9.17, 15) is 0 Å². The first kappa shape index (κ1) is 9.21. The molecule has 0 bridgehead atoms. The molecule has 0 unspecified atom stereocenters. The third kappa shape index (κ3) is 3.04. The first-order chi connectivity index (χ1) is 3.84. The van der Waals surface area contributed by atoms with E-state index in [1.165, 1.54) is 12.8 Å². The minimum atomic E-state index is 0. The SMILES string of the molecule is COC[C@H](N)C1CC1.Cl. The van der Waals surface area contributed by atoms with E-state index in [4.69, 9.17) is 10.5 Å². The zero-order valence-electron chi connectivity index (χ0n) is 5.67. The smallest absolute Gasteiger partial charge is 0.0616 e. The third-order valence-corrected chi connectivity index (χ3v) is 1.59. The topological polar surface area (TPSA) is 35.2 Å². The van der Waals surface area contributed by atoms with E-state index in [0.29, 0.717) is 6.04 Å². The summed E-state index contributed by atoms with van der Waals surface area (Å²) in [6, 6.07) is 0.306. The summed E-state index contributed by atoms with van der Waals surface area (Å²) in [6.45, 7) is 0.727. The molecule has 9 heavy (non-hydrogen) atoms. The van der Waals surface area contributed by atoms with Crippen molar-refractivity contribution in [2.45, 2.75) is 18.9 Å². The number of hydrogen-bond donors (Lipinski definition) is 1. The molecule has 1 atom stereocenters. The van der Waals surface area contributed by atoms with Crippen molar-refractivity contribution < 1.29 is 4.74 Å². The van der Waals surface area contributed by atoms with Crippen molar-refractivity contribution in [1.29, 1.82) is 0 Å². The Kier molecular flexibility index (Phi) is 4.19. The largest absolute Gasteiger partial charge is 0.383 e. The van der Waals surface area contributed by atoms with E-state index in [0.717, 1.165) is 12.5 Å². The van der Waals surface area contributed by atoms with Gasteiger partial charge in [-0.25, -0.2) is 0 Å². The monoisotopic (exact) mass is 151 g/mol. The summed E-state index contributed by atoms with van der Waals surface area (Å²) >= 11 is 0. The molecule has 0 spiro atoms. The highest BCUT2D eigenvalue weighted by Gasteiger charge is 2.27. The lowest BCUT2D eigenvalue weighted by atomic mass is 10.2. The normalized spacial score (nSPS) is 20.7. The van der Waals surface area contributed by atoms with Gasteiger partial charge >= 0.3 is 0 Å². The van der Waals surface area contributed by atoms with Crippen LogP contribution in [0.3, 0.4) is 0 Å². The summed E-state index contributed by atoms with van der Waals surface area (Å²) in [5, 5.41) is 0. The molecule has 1 saturated carbocycles. The Bertz CT molecular complexity index is 75.5. The lowest BCUT2D eigenvalue weighted by Gasteiger charge is -2.06. The van der Waals surface area contributed by atoms with E-state index in [2.05, 4.69) is 0 Å². The summed E-state index contributed by atoms with van der Waals surface area (Å²) in [4.78, 5) is 0. The molecule has 0 radical (unpaired) electrons. The van der Waals surface area contributed by atoms with Gasteiger partial charge in [0.05, 0.1) is 6.61 Å². The van der Waals surface area contributed by atoms with Crippen molar-refractivity contribution in [2.24, 2.45) is 11.7 Å². The lowest BCUT2D eigenvalue weighted by Crippen LogP contribution is -2.27. The van der Waals surface area contributed by atoms with Crippen LogP contribution in [0.2, 0.25) is 0 Å². The molecule has 1 fully saturated rings. The second-order valence-corrected chi connectivity index (χ2v) is 2.46. The molecule has 0 aromatic carbocycles. The zero-order valence-corrected chi connectivity index (χ0v) is 6.49. The number of nitrogens with two attached hydrogens (primary N) is 1. The van der Waals surface area contributed by atoms with Crippen LogP contribution in [0, 0.1) is 5.92 Å². The van der Waals surface area contributed by atoms with Crippen molar-refractivity contribution in [2.75, 3.05) is 13.7 Å². The molecule has 1 aliphatic carbocycles. The van der Waals surface area contributed by atoms with Gasteiger partial charge in [-0.1, -0.05) is 0 Å². The van der Waals surface area contributed by atoms with Gasteiger partial charge in [0.25, 0.3) is 0 Å². The van der Waals surface area contributed by atoms with Crippen LogP contribution in [0.15, 0.2) is 0 Å². The molecule has 0 heterocycles. The van der Waals surface area contributed by atoms with E-state index in [-0.39, 0.29) is 12.4 Å². The predicted molar refractivity (Wildman–Crippen MR) is 39.8 cm³/mol. The average Bonchev–Trinajstić information content (AvgIpc) is 2.45. The maximum atomic E-state index is 5.66. The second-order valence-electron chi connectivity index (χ2n) is 2.46. The van der Waals surface area contributed by atoms with Crippen molar-refractivity contribution in [3.05, 3.63) is 0 Å². The van der Waals surface area contributed by atoms with E-state index >= 15 is 0 Å². The number of methoxy groups -OCH3 is 1. The molecule has 0 saturated heterocycles. The van der Waals surface area contributed by atoms with Gasteiger partial charge in [0.15, 0.2) is 0 Å². The Morgan fingerprint density at radius 2 is 2.22 bits per heavy atom. The first-order valence-corrected chi connectivity index (χ1v) is 3.09. The fourth-order valence-electron chi connectivity index (χ4n) is 0.853. The molecule has 1 aliphatic rings. The van der Waals surface area contributed by atoms with Crippen molar-refractivity contribution in [3.8, 4) is 0 Å². The van der Waals surface area contributed by atoms with Crippen LogP contribution in [-0.2, 0) is 4.74 Å². The van der Waals surface area contributed by atoms with Gasteiger partial charge in [-0.15, -0.1) is 12.4 Å². The van der Waals surface area contributed by atoms with E-state index in [1.54, 1.807) is 7.11 Å². The third-order valence-electron chi connectivity index (χ3n) is 1.59. The van der Waals surface area contributed by atoms with Gasteiger partial charge in [0, 0.05) is 13.2 Å². The number of halogens is 1. The van der Waals surface area contributed by atoms with Crippen LogP contribution in [0.1, 0.15) is 12.8 Å². The highest BCUT2D eigenvalue weighted by molar-refractivity contribution is 5.85. The molecule has 2 nitrogen and oxygen atoms in total. The van der Waals surface area contributed by atoms with Gasteiger partial charge < -0.3 is 10.5 Å². The number of rotatable bonds is 3. The fourth-order valence-corrected chi connectivity index (χ4v) is 0.853. The molecular weight excluding hydrogens is 138 g/mol. The quantitative estimate of drug-likeness (QED) is 0.648. The van der Waals surface area contributed by atoms with Crippen LogP contribution in [0.5, 0.6) is 0 Å². The lowest BCUT2D eigenvalue weighted by molar-refractivity contribution is 0.173. The van der Waals surface area contributed by atoms with Crippen LogP contribution >= 0.6 is 12.4 Å². The van der Waals surface area contributed by atoms with Gasteiger partial charge in [-0.3, -0.25) is 0 Å². The number of hydrogen-bond acceptors (Lipinski definition) is 2. The summed E-state index contributed by atoms with van der Waals surface area (Å²) in [5.74, 6) is 0.773. The van der Waals surface area contributed by atoms with Crippen molar-refractivity contribution >= 4 is 12.4 Å². The summed E-state index contributed by atoms with van der Waals surface area (Å²) in [6.07, 6.45) is 2.62. The Morgan fingerprint density at radius 3 is 2.56 bits per heavy atom. The first-order valence-electron chi connectivity index (χ1n) is 3.09. The number of ether oxygens (including phenoxy) is 1. The van der Waals surface area contributed by atoms with Gasteiger partial charge in [0.1, 0.15) is 0 Å². The van der Waals surface area contributed by atoms with Gasteiger partial charge in [-0.05, 0) is 18.8 Å². The highest BCUT2D eigenvalue weighted by Crippen LogP contribution is 2.31. The van der Waals surface area contributed by atoms with Crippen molar-refractivity contribution in [1.82, 2.24) is 0 Å². The Morgan fingerprint density at radius 1 is 1.67 bits per heavy atom. The summed E-state index contributed by atoms with van der Waals surface area (Å²) < 4.78 is 4.88. The molecule has 0 aromatic heterocycles. The van der Waals surface area contributed by atoms with Gasteiger partial charge in [-0.2, -0.15) is 0 Å². The zero-order chi connectivity index (χ0) is 5.98. The molecule has 0 aromatic rings. The van der Waals surface area contributed by atoms with Crippen LogP contribution in [0.4, 0.5) is 0 Å². The van der Waals surface area contributed by atoms with Gasteiger partial charge in [0.2, 0.25) is 0 Å². The van der Waals surface area contributed by atoms with Crippen LogP contribution in [-0.4, -0.2) is 19.8 Å². The van der Waals surface area contributed by atoms with E-state index in [1.807, 2.05) is 0 Å². The second kappa shape index (κ2) is 4.09.